The van der Waals surface area contributed by atoms with E-state index in [0.717, 1.165) is 83.8 Å². The molecule has 0 saturated heterocycles. The minimum Gasteiger partial charge on any atom is -0.504 e. The topological polar surface area (TPSA) is 213 Å². The second kappa shape index (κ2) is 25.2. The fraction of sp³-hybridized carbons (Fsp3) is 0.354. The summed E-state index contributed by atoms with van der Waals surface area (Å²) in [6.07, 6.45) is 6.12. The zero-order chi connectivity index (χ0) is 44.4. The molecule has 0 bridgehead atoms. The normalized spacial score (nSPS) is 10.7. The number of aryl methyl sites for hydroxylation is 3. The van der Waals surface area contributed by atoms with Crippen LogP contribution in [-0.4, -0.2) is 54.4 Å². The Hall–Kier alpha value is -5.56. The van der Waals surface area contributed by atoms with Crippen LogP contribution < -0.4 is 0 Å². The van der Waals surface area contributed by atoms with E-state index in [4.69, 9.17) is 27.7 Å². The SMILES string of the molecule is C.CC(C)c1ccc(C=O)cc1.CCCc1cc(O)c(O)cc1C(c1ccc(C(C)C)cc1)c1cc(O)c(O)cc1CCC.CCCc1ccc(O)c(O)c1.O=S(=O)(O)O. The number of aldehydes is 1. The lowest BCUT2D eigenvalue weighted by atomic mass is 9.78. The lowest BCUT2D eigenvalue weighted by Crippen LogP contribution is -2.10. The zero-order valence-electron chi connectivity index (χ0n) is 34.9. The molecule has 328 valence electrons. The van der Waals surface area contributed by atoms with E-state index in [1.54, 1.807) is 30.3 Å². The third-order valence-corrected chi connectivity index (χ3v) is 9.39. The second-order valence-electron chi connectivity index (χ2n) is 14.8. The van der Waals surface area contributed by atoms with Crippen LogP contribution in [0.4, 0.5) is 0 Å². The maximum atomic E-state index is 10.4. The second-order valence-corrected chi connectivity index (χ2v) is 15.7. The van der Waals surface area contributed by atoms with Gasteiger partial charge in [0.05, 0.1) is 0 Å². The molecule has 0 aliphatic carbocycles. The van der Waals surface area contributed by atoms with E-state index in [1.165, 1.54) is 17.2 Å². The van der Waals surface area contributed by atoms with Crippen LogP contribution >= 0.6 is 0 Å². The average molecular weight is 849 g/mol. The quantitative estimate of drug-likeness (QED) is 0.0256. The molecule has 0 aromatic heterocycles. The lowest BCUT2D eigenvalue weighted by Gasteiger charge is -2.26. The summed E-state index contributed by atoms with van der Waals surface area (Å²) in [7, 11) is -4.67. The van der Waals surface area contributed by atoms with E-state index in [-0.39, 0.29) is 47.8 Å². The maximum absolute atomic E-state index is 10.4. The van der Waals surface area contributed by atoms with Gasteiger partial charge in [0.15, 0.2) is 34.5 Å². The Morgan fingerprint density at radius 2 is 0.850 bits per heavy atom. The fourth-order valence-electron chi connectivity index (χ4n) is 6.35. The van der Waals surface area contributed by atoms with Gasteiger partial charge in [-0.3, -0.25) is 13.9 Å². The third kappa shape index (κ3) is 17.0. The van der Waals surface area contributed by atoms with Crippen LogP contribution in [0.25, 0.3) is 0 Å². The van der Waals surface area contributed by atoms with Crippen molar-refractivity contribution in [3.63, 3.8) is 0 Å². The van der Waals surface area contributed by atoms with Crippen molar-refractivity contribution in [2.24, 2.45) is 0 Å². The summed E-state index contributed by atoms with van der Waals surface area (Å²) in [5.74, 6) is 0.00679. The Bertz CT molecular complexity index is 2110. The van der Waals surface area contributed by atoms with Gasteiger partial charge in [0.1, 0.15) is 6.29 Å². The van der Waals surface area contributed by atoms with Crippen molar-refractivity contribution in [2.45, 2.75) is 112 Å². The van der Waals surface area contributed by atoms with Gasteiger partial charge >= 0.3 is 10.4 Å². The van der Waals surface area contributed by atoms with E-state index < -0.39 is 10.4 Å². The Morgan fingerprint density at radius 1 is 0.500 bits per heavy atom. The molecule has 5 aromatic carbocycles. The number of hydrogen-bond donors (Lipinski definition) is 8. The highest BCUT2D eigenvalue weighted by molar-refractivity contribution is 7.79. The fourth-order valence-corrected chi connectivity index (χ4v) is 6.35. The van der Waals surface area contributed by atoms with Gasteiger partial charge in [0, 0.05) is 11.5 Å². The summed E-state index contributed by atoms with van der Waals surface area (Å²) in [5.41, 5.74) is 9.03. The number of carbonyl (C=O) groups excluding carboxylic acids is 1. The van der Waals surface area contributed by atoms with Gasteiger partial charge in [-0.1, -0.05) is 130 Å². The van der Waals surface area contributed by atoms with Crippen molar-refractivity contribution >= 4 is 16.7 Å². The highest BCUT2D eigenvalue weighted by Crippen LogP contribution is 2.43. The van der Waals surface area contributed by atoms with Crippen molar-refractivity contribution in [3.8, 4) is 34.5 Å². The Kier molecular flexibility index (Phi) is 22.0. The molecular formula is C48H64O11S. The molecule has 11 nitrogen and oxygen atoms in total. The zero-order valence-corrected chi connectivity index (χ0v) is 35.7. The van der Waals surface area contributed by atoms with Gasteiger partial charge < -0.3 is 30.6 Å². The number of benzene rings is 5. The molecule has 0 aliphatic rings. The molecule has 0 unspecified atom stereocenters. The van der Waals surface area contributed by atoms with Crippen molar-refractivity contribution < 1.29 is 53.0 Å². The highest BCUT2D eigenvalue weighted by atomic mass is 32.3. The lowest BCUT2D eigenvalue weighted by molar-refractivity contribution is 0.112. The smallest absolute Gasteiger partial charge is 0.394 e. The van der Waals surface area contributed by atoms with E-state index in [1.807, 2.05) is 30.3 Å². The predicted octanol–water partition coefficient (Wildman–Crippen LogP) is 11.4. The largest absolute Gasteiger partial charge is 0.504 e. The molecule has 60 heavy (non-hydrogen) atoms. The first kappa shape index (κ1) is 52.5. The number of carbonyl (C=O) groups is 1. The first-order chi connectivity index (χ1) is 27.7. The van der Waals surface area contributed by atoms with E-state index >= 15 is 0 Å². The highest BCUT2D eigenvalue weighted by Gasteiger charge is 2.25. The molecule has 8 N–H and O–H groups in total. The van der Waals surface area contributed by atoms with Gasteiger partial charge in [-0.15, -0.1) is 0 Å². The molecular weight excluding hydrogens is 785 g/mol. The number of rotatable bonds is 12. The number of aromatic hydroxyl groups is 6. The van der Waals surface area contributed by atoms with E-state index in [2.05, 4.69) is 72.7 Å². The molecule has 5 rings (SSSR count). The Balaban J connectivity index is 0.000000521. The predicted molar refractivity (Wildman–Crippen MR) is 240 cm³/mol. The monoisotopic (exact) mass is 848 g/mol. The molecule has 0 aliphatic heterocycles. The standard InChI is InChI=1S/C28H34O4.C10H12O.C9H12O2.CH4.H2O4S/c1-5-7-20-13-24(29)26(31)15-22(20)28(19-11-9-18(10-12-19)17(3)4)23-16-27(32)25(30)14-21(23)8-6-2;1-8(2)10-5-3-9(7-11)4-6-10;1-2-3-7-4-5-8(10)9(11)6-7;;1-5(2,3)4/h9-17,28-32H,5-8H2,1-4H3;3-8H,1-2H3;4-6,10-11H,2-3H2,1H3;1H4;(H2,1,2,3,4). The molecule has 0 fully saturated rings. The number of phenols is 6. The van der Waals surface area contributed by atoms with Crippen LogP contribution in [-0.2, 0) is 29.7 Å². The van der Waals surface area contributed by atoms with Gasteiger partial charge in [0.2, 0.25) is 0 Å². The molecule has 0 heterocycles. The van der Waals surface area contributed by atoms with E-state index in [9.17, 15) is 25.2 Å². The summed E-state index contributed by atoms with van der Waals surface area (Å²) >= 11 is 0. The maximum Gasteiger partial charge on any atom is 0.394 e. The van der Waals surface area contributed by atoms with Crippen LogP contribution in [0.3, 0.4) is 0 Å². The van der Waals surface area contributed by atoms with Crippen molar-refractivity contribution in [1.82, 2.24) is 0 Å². The van der Waals surface area contributed by atoms with Gasteiger partial charge in [0.25, 0.3) is 0 Å². The van der Waals surface area contributed by atoms with Crippen molar-refractivity contribution in [3.05, 3.63) is 141 Å². The molecule has 12 heteroatoms. The third-order valence-electron chi connectivity index (χ3n) is 9.39. The number of hydrogen-bond acceptors (Lipinski definition) is 9. The van der Waals surface area contributed by atoms with Crippen molar-refractivity contribution in [1.29, 1.82) is 0 Å². The summed E-state index contributed by atoms with van der Waals surface area (Å²) in [4.78, 5) is 10.3. The summed E-state index contributed by atoms with van der Waals surface area (Å²) < 4.78 is 31.6. The average Bonchev–Trinajstić information content (AvgIpc) is 3.17. The Labute approximate surface area is 356 Å². The molecule has 0 atom stereocenters. The number of phenolic OH excluding ortho intramolecular Hbond substituents is 6. The van der Waals surface area contributed by atoms with Gasteiger partial charge in [-0.25, -0.2) is 0 Å². The molecule has 0 spiro atoms. The molecule has 0 saturated carbocycles. The van der Waals surface area contributed by atoms with Crippen LogP contribution in [0.1, 0.15) is 148 Å². The first-order valence-electron chi connectivity index (χ1n) is 19.7. The van der Waals surface area contributed by atoms with Crippen LogP contribution in [0, 0.1) is 0 Å². The summed E-state index contributed by atoms with van der Waals surface area (Å²) in [5, 5.41) is 59.1. The van der Waals surface area contributed by atoms with Gasteiger partial charge in [-0.05, 0) is 112 Å². The van der Waals surface area contributed by atoms with Crippen molar-refractivity contribution in [2.75, 3.05) is 0 Å². The van der Waals surface area contributed by atoms with E-state index in [0.29, 0.717) is 11.8 Å². The van der Waals surface area contributed by atoms with Crippen LogP contribution in [0.2, 0.25) is 0 Å². The molecule has 0 amide bonds. The minimum atomic E-state index is -4.67. The molecule has 5 aromatic rings. The Morgan fingerprint density at radius 3 is 1.20 bits per heavy atom. The van der Waals surface area contributed by atoms with Crippen LogP contribution in [0.15, 0.2) is 91.0 Å². The summed E-state index contributed by atoms with van der Waals surface area (Å²) in [6, 6.07) is 27.6. The summed E-state index contributed by atoms with van der Waals surface area (Å²) in [6.45, 7) is 14.8. The first-order valence-corrected chi connectivity index (χ1v) is 21.1. The molecule has 0 radical (unpaired) electrons. The van der Waals surface area contributed by atoms with Crippen LogP contribution in [0.5, 0.6) is 34.5 Å². The van der Waals surface area contributed by atoms with Gasteiger partial charge in [-0.2, -0.15) is 8.42 Å². The minimum absolute atomic E-state index is 0.